The summed E-state index contributed by atoms with van der Waals surface area (Å²) in [6, 6.07) is 12.0. The van der Waals surface area contributed by atoms with Crippen LogP contribution >= 0.6 is 11.8 Å². The predicted molar refractivity (Wildman–Crippen MR) is 112 cm³/mol. The van der Waals surface area contributed by atoms with E-state index in [2.05, 4.69) is 17.5 Å². The van der Waals surface area contributed by atoms with Gasteiger partial charge in [-0.05, 0) is 55.4 Å². The second-order valence-corrected chi connectivity index (χ2v) is 8.62. The molecule has 157 valence electrons. The van der Waals surface area contributed by atoms with Crippen LogP contribution in [0.2, 0.25) is 0 Å². The number of halogens is 2. The fraction of sp³-hybridized carbons (Fsp3) is 0.318. The van der Waals surface area contributed by atoms with Crippen molar-refractivity contribution in [3.8, 4) is 0 Å². The molecule has 5 nitrogen and oxygen atoms in total. The van der Waals surface area contributed by atoms with Gasteiger partial charge in [0.2, 0.25) is 0 Å². The molecule has 1 unspecified atom stereocenters. The first-order valence-corrected chi connectivity index (χ1v) is 10.6. The topological polar surface area (TPSA) is 53.9 Å². The molecule has 1 aliphatic carbocycles. The number of hydrazone groups is 1. The molecule has 30 heavy (non-hydrogen) atoms. The van der Waals surface area contributed by atoms with Crippen LogP contribution in [0, 0.1) is 24.5 Å². The van der Waals surface area contributed by atoms with Gasteiger partial charge in [-0.25, -0.2) is 19.1 Å². The van der Waals surface area contributed by atoms with E-state index in [4.69, 9.17) is 4.84 Å². The second kappa shape index (κ2) is 8.73. The van der Waals surface area contributed by atoms with Gasteiger partial charge in [0.15, 0.2) is 0 Å². The average Bonchev–Trinajstić information content (AvgIpc) is 3.49. The van der Waals surface area contributed by atoms with Gasteiger partial charge < -0.3 is 0 Å². The molecule has 1 heterocycles. The van der Waals surface area contributed by atoms with Crippen LogP contribution in [-0.2, 0) is 9.71 Å². The van der Waals surface area contributed by atoms with Crippen molar-refractivity contribution in [2.75, 3.05) is 6.61 Å². The van der Waals surface area contributed by atoms with Crippen molar-refractivity contribution in [2.45, 2.75) is 30.6 Å². The van der Waals surface area contributed by atoms with Crippen LogP contribution in [0.4, 0.5) is 13.6 Å². The zero-order valence-electron chi connectivity index (χ0n) is 16.3. The monoisotopic (exact) mass is 430 g/mol. The summed E-state index contributed by atoms with van der Waals surface area (Å²) in [6.45, 7) is 4.39. The largest absolute Gasteiger partial charge is 0.363 e. The quantitative estimate of drug-likeness (QED) is 0.615. The number of thioether (sulfide) groups is 1. The van der Waals surface area contributed by atoms with Gasteiger partial charge in [-0.15, -0.1) is 0 Å². The SMILES string of the molecule is [CH2]CCC1(c2ccccc2)SC(c2cc(F)ccc2F)=NN1C(=O)NOCC1CC1. The Morgan fingerprint density at radius 1 is 1.27 bits per heavy atom. The Kier molecular flexibility index (Phi) is 6.06. The highest BCUT2D eigenvalue weighted by molar-refractivity contribution is 8.15. The minimum absolute atomic E-state index is 0.0126. The number of benzene rings is 2. The van der Waals surface area contributed by atoms with Crippen molar-refractivity contribution in [1.82, 2.24) is 10.5 Å². The lowest BCUT2D eigenvalue weighted by atomic mass is 10.0. The molecule has 1 N–H and O–H groups in total. The van der Waals surface area contributed by atoms with E-state index in [0.29, 0.717) is 25.4 Å². The van der Waals surface area contributed by atoms with Crippen LogP contribution in [0.15, 0.2) is 53.6 Å². The molecule has 1 atom stereocenters. The number of hydrogen-bond donors (Lipinski definition) is 1. The van der Waals surface area contributed by atoms with Gasteiger partial charge in [0.1, 0.15) is 21.5 Å². The standard InChI is InChI=1S/C22H22F2N3O2S/c1-2-12-22(16-6-4-3-5-7-16)27(21(28)26-29-14-15-8-9-15)25-20(30-22)18-13-17(23)10-11-19(18)24/h3-7,10-11,13,15H,1-2,8-9,12,14H2,(H,26,28). The lowest BCUT2D eigenvalue weighted by Crippen LogP contribution is -2.46. The molecule has 2 aromatic carbocycles. The molecular formula is C22H22F2N3O2S. The predicted octanol–water partition coefficient (Wildman–Crippen LogP) is 5.19. The van der Waals surface area contributed by atoms with Crippen LogP contribution in [0.3, 0.4) is 0 Å². The lowest BCUT2D eigenvalue weighted by Gasteiger charge is -2.35. The Balaban J connectivity index is 1.71. The first-order chi connectivity index (χ1) is 14.5. The van der Waals surface area contributed by atoms with E-state index in [0.717, 1.165) is 36.6 Å². The van der Waals surface area contributed by atoms with Gasteiger partial charge in [-0.2, -0.15) is 10.1 Å². The number of hydroxylamine groups is 1. The maximum atomic E-state index is 14.5. The number of rotatable bonds is 7. The molecule has 0 spiro atoms. The van der Waals surface area contributed by atoms with Crippen LogP contribution in [0.25, 0.3) is 0 Å². The van der Waals surface area contributed by atoms with E-state index in [1.54, 1.807) is 0 Å². The van der Waals surface area contributed by atoms with Crippen LogP contribution in [0.5, 0.6) is 0 Å². The van der Waals surface area contributed by atoms with Crippen LogP contribution in [-0.4, -0.2) is 22.7 Å². The van der Waals surface area contributed by atoms with E-state index in [9.17, 15) is 13.6 Å². The summed E-state index contributed by atoms with van der Waals surface area (Å²) < 4.78 is 28.3. The molecule has 2 amide bonds. The minimum atomic E-state index is -0.954. The van der Waals surface area contributed by atoms with Gasteiger partial charge in [0.25, 0.3) is 0 Å². The molecule has 0 bridgehead atoms. The zero-order chi connectivity index (χ0) is 21.1. The summed E-state index contributed by atoms with van der Waals surface area (Å²) in [4.78, 5) is 17.4. The molecule has 4 rings (SSSR count). The number of carbonyl (C=O) groups excluding carboxylic acids is 1. The second-order valence-electron chi connectivity index (χ2n) is 7.36. The molecule has 1 aliphatic heterocycles. The van der Waals surface area contributed by atoms with Gasteiger partial charge in [-0.3, -0.25) is 4.84 Å². The average molecular weight is 431 g/mol. The van der Waals surface area contributed by atoms with Crippen molar-refractivity contribution < 1.29 is 18.4 Å². The minimum Gasteiger partial charge on any atom is -0.272 e. The third-order valence-corrected chi connectivity index (χ3v) is 6.51. The first kappa shape index (κ1) is 20.8. The van der Waals surface area contributed by atoms with E-state index in [1.165, 1.54) is 16.8 Å². The fourth-order valence-corrected chi connectivity index (χ4v) is 4.76. The van der Waals surface area contributed by atoms with E-state index >= 15 is 0 Å². The van der Waals surface area contributed by atoms with E-state index < -0.39 is 22.5 Å². The highest BCUT2D eigenvalue weighted by atomic mass is 32.2. The summed E-state index contributed by atoms with van der Waals surface area (Å²) in [7, 11) is 0. The molecule has 1 radical (unpaired) electrons. The smallest absolute Gasteiger partial charge is 0.272 e. The Labute approximate surface area is 178 Å². The highest BCUT2D eigenvalue weighted by Crippen LogP contribution is 2.50. The molecule has 8 heteroatoms. The van der Waals surface area contributed by atoms with E-state index in [-0.39, 0.29) is 10.6 Å². The van der Waals surface area contributed by atoms with Crippen LogP contribution < -0.4 is 5.48 Å². The van der Waals surface area contributed by atoms with Crippen molar-refractivity contribution in [2.24, 2.45) is 11.0 Å². The van der Waals surface area contributed by atoms with Gasteiger partial charge >= 0.3 is 6.03 Å². The Hall–Kier alpha value is -2.45. The summed E-state index contributed by atoms with van der Waals surface area (Å²) in [5, 5.41) is 5.90. The van der Waals surface area contributed by atoms with Crippen molar-refractivity contribution >= 4 is 22.8 Å². The zero-order valence-corrected chi connectivity index (χ0v) is 17.1. The number of amides is 2. The summed E-state index contributed by atoms with van der Waals surface area (Å²) in [5.41, 5.74) is 3.28. The number of hydrogen-bond acceptors (Lipinski definition) is 4. The summed E-state index contributed by atoms with van der Waals surface area (Å²) >= 11 is 1.21. The highest BCUT2D eigenvalue weighted by Gasteiger charge is 2.48. The third-order valence-electron chi connectivity index (χ3n) is 5.07. The number of nitrogens with one attached hydrogen (secondary N) is 1. The number of carbonyl (C=O) groups is 1. The van der Waals surface area contributed by atoms with Gasteiger partial charge in [-0.1, -0.05) is 49.0 Å². The Morgan fingerprint density at radius 3 is 2.73 bits per heavy atom. The maximum Gasteiger partial charge on any atom is 0.363 e. The first-order valence-electron chi connectivity index (χ1n) is 9.83. The molecular weight excluding hydrogens is 408 g/mol. The fourth-order valence-electron chi connectivity index (χ4n) is 3.34. The van der Waals surface area contributed by atoms with Gasteiger partial charge in [0.05, 0.1) is 6.61 Å². The van der Waals surface area contributed by atoms with Crippen molar-refractivity contribution in [3.63, 3.8) is 0 Å². The van der Waals surface area contributed by atoms with E-state index in [1.807, 2.05) is 30.3 Å². The normalized spacial score (nSPS) is 20.9. The molecule has 0 aromatic heterocycles. The van der Waals surface area contributed by atoms with Crippen LogP contribution in [0.1, 0.15) is 36.8 Å². The third kappa shape index (κ3) is 4.20. The Morgan fingerprint density at radius 2 is 2.03 bits per heavy atom. The molecule has 1 fully saturated rings. The molecule has 0 saturated heterocycles. The van der Waals surface area contributed by atoms with Crippen molar-refractivity contribution in [3.05, 3.63) is 78.2 Å². The van der Waals surface area contributed by atoms with Crippen molar-refractivity contribution in [1.29, 1.82) is 0 Å². The summed E-state index contributed by atoms with van der Waals surface area (Å²) in [6.07, 6.45) is 3.14. The molecule has 1 saturated carbocycles. The van der Waals surface area contributed by atoms with Gasteiger partial charge in [0, 0.05) is 5.56 Å². The Bertz CT molecular complexity index is 953. The maximum absolute atomic E-state index is 14.5. The molecule has 2 aromatic rings. The number of nitrogens with zero attached hydrogens (tertiary/aromatic N) is 2. The lowest BCUT2D eigenvalue weighted by molar-refractivity contribution is 0.0338. The summed E-state index contributed by atoms with van der Waals surface area (Å²) in [5.74, 6) is -0.711. The number of urea groups is 1. The molecule has 2 aliphatic rings.